The first kappa shape index (κ1) is 14.7. The van der Waals surface area contributed by atoms with Crippen molar-refractivity contribution in [2.24, 2.45) is 0 Å². The van der Waals surface area contributed by atoms with Gasteiger partial charge in [-0.1, -0.05) is 0 Å². The molecular formula is C11H19NO3S2. The van der Waals surface area contributed by atoms with E-state index < -0.39 is 11.5 Å². The van der Waals surface area contributed by atoms with Crippen LogP contribution in [0, 0.1) is 0 Å². The van der Waals surface area contributed by atoms with Crippen LogP contribution in [0.5, 0.6) is 0 Å². The molecule has 1 N–H and O–H groups in total. The number of rotatable bonds is 4. The molecule has 4 nitrogen and oxygen atoms in total. The molecule has 6 heteroatoms. The van der Waals surface area contributed by atoms with Crippen LogP contribution in [-0.4, -0.2) is 57.0 Å². The summed E-state index contributed by atoms with van der Waals surface area (Å²) in [5, 5.41) is 9.39. The van der Waals surface area contributed by atoms with Crippen LogP contribution in [-0.2, 0) is 9.59 Å². The normalized spacial score (nSPS) is 21.0. The molecule has 1 amide bonds. The first-order valence-corrected chi connectivity index (χ1v) is 7.75. The molecule has 1 heterocycles. The van der Waals surface area contributed by atoms with Gasteiger partial charge in [0, 0.05) is 36.0 Å². The second-order valence-corrected chi connectivity index (χ2v) is 7.15. The Labute approximate surface area is 111 Å². The molecule has 1 fully saturated rings. The zero-order valence-electron chi connectivity index (χ0n) is 10.4. The third-order valence-corrected chi connectivity index (χ3v) is 5.87. The Morgan fingerprint density at radius 3 is 2.53 bits per heavy atom. The first-order chi connectivity index (χ1) is 7.85. The van der Waals surface area contributed by atoms with E-state index in [1.165, 1.54) is 4.90 Å². The van der Waals surface area contributed by atoms with E-state index >= 15 is 0 Å². The van der Waals surface area contributed by atoms with Gasteiger partial charge in [-0.25, -0.2) is 4.79 Å². The van der Waals surface area contributed by atoms with Crippen LogP contribution in [0.4, 0.5) is 0 Å². The monoisotopic (exact) mass is 277 g/mol. The first-order valence-electron chi connectivity index (χ1n) is 5.55. The molecule has 0 bridgehead atoms. The van der Waals surface area contributed by atoms with E-state index in [2.05, 4.69) is 0 Å². The summed E-state index contributed by atoms with van der Waals surface area (Å²) in [4.78, 5) is 24.4. The van der Waals surface area contributed by atoms with Crippen LogP contribution in [0.25, 0.3) is 0 Å². The number of carbonyl (C=O) groups is 2. The van der Waals surface area contributed by atoms with Gasteiger partial charge in [-0.3, -0.25) is 4.79 Å². The smallest absolute Gasteiger partial charge is 0.329 e. The zero-order chi connectivity index (χ0) is 13.1. The molecule has 1 aliphatic heterocycles. The number of carboxylic acids is 1. The van der Waals surface area contributed by atoms with Crippen molar-refractivity contribution in [3.8, 4) is 0 Å². The number of likely N-dealkylation sites (N-methyl/N-ethyl adjacent to an activating group) is 1. The maximum Gasteiger partial charge on any atom is 0.329 e. The summed E-state index contributed by atoms with van der Waals surface area (Å²) < 4.78 is 0. The van der Waals surface area contributed by atoms with Gasteiger partial charge in [-0.2, -0.15) is 23.5 Å². The average Bonchev–Trinajstić information content (AvgIpc) is 2.29. The lowest BCUT2D eigenvalue weighted by atomic mass is 10.0. The topological polar surface area (TPSA) is 57.6 Å². The lowest BCUT2D eigenvalue weighted by Gasteiger charge is -2.33. The van der Waals surface area contributed by atoms with Gasteiger partial charge in [-0.05, 0) is 13.8 Å². The fraction of sp³-hybridized carbons (Fsp3) is 0.818. The van der Waals surface area contributed by atoms with Crippen molar-refractivity contribution in [2.75, 3.05) is 24.3 Å². The molecule has 1 rings (SSSR count). The molecule has 1 saturated heterocycles. The van der Waals surface area contributed by atoms with E-state index in [-0.39, 0.29) is 5.91 Å². The Bertz CT molecular complexity index is 301. The zero-order valence-corrected chi connectivity index (χ0v) is 12.1. The number of hydrogen-bond donors (Lipinski definition) is 1. The highest BCUT2D eigenvalue weighted by atomic mass is 32.2. The van der Waals surface area contributed by atoms with Crippen LogP contribution in [0.1, 0.15) is 20.3 Å². The lowest BCUT2D eigenvalue weighted by molar-refractivity contribution is -0.155. The van der Waals surface area contributed by atoms with Crippen molar-refractivity contribution in [3.05, 3.63) is 0 Å². The minimum atomic E-state index is -1.14. The third kappa shape index (κ3) is 3.81. The third-order valence-electron chi connectivity index (χ3n) is 3.02. The van der Waals surface area contributed by atoms with Crippen molar-refractivity contribution >= 4 is 35.4 Å². The highest BCUT2D eigenvalue weighted by molar-refractivity contribution is 8.06. The van der Waals surface area contributed by atoms with Crippen molar-refractivity contribution in [1.82, 2.24) is 4.90 Å². The van der Waals surface area contributed by atoms with Gasteiger partial charge in [0.25, 0.3) is 0 Å². The molecule has 1 atom stereocenters. The van der Waals surface area contributed by atoms with Gasteiger partial charge in [-0.15, -0.1) is 0 Å². The fourth-order valence-corrected chi connectivity index (χ4v) is 4.11. The Kier molecular flexibility index (Phi) is 5.19. The molecule has 1 aliphatic rings. The van der Waals surface area contributed by atoms with Gasteiger partial charge in [0.2, 0.25) is 5.91 Å². The summed E-state index contributed by atoms with van der Waals surface area (Å²) in [6.45, 7) is 3.10. The van der Waals surface area contributed by atoms with Crippen LogP contribution < -0.4 is 0 Å². The Balaban J connectivity index is 2.54. The standard InChI is InChI=1S/C11H19NO3S2/c1-11(2,10(14)15)12(3)9(13)6-8-7-16-4-5-17-8/h8H,4-7H2,1-3H3,(H,14,15). The Hall–Kier alpha value is -0.360. The molecule has 0 aromatic rings. The predicted molar refractivity (Wildman–Crippen MR) is 72.7 cm³/mol. The number of aliphatic carboxylic acids is 1. The highest BCUT2D eigenvalue weighted by Gasteiger charge is 2.35. The van der Waals surface area contributed by atoms with E-state index in [9.17, 15) is 9.59 Å². The summed E-state index contributed by atoms with van der Waals surface area (Å²) in [5.74, 6) is 2.15. The fourth-order valence-electron chi connectivity index (χ4n) is 1.44. The maximum absolute atomic E-state index is 12.0. The second kappa shape index (κ2) is 6.00. The molecule has 0 spiro atoms. The van der Waals surface area contributed by atoms with Crippen molar-refractivity contribution in [3.63, 3.8) is 0 Å². The molecule has 98 valence electrons. The van der Waals surface area contributed by atoms with Crippen molar-refractivity contribution < 1.29 is 14.7 Å². The van der Waals surface area contributed by atoms with E-state index in [0.717, 1.165) is 17.3 Å². The van der Waals surface area contributed by atoms with Crippen molar-refractivity contribution in [2.45, 2.75) is 31.1 Å². The number of carboxylic acid groups (broad SMARTS) is 1. The number of thioether (sulfide) groups is 2. The largest absolute Gasteiger partial charge is 0.480 e. The highest BCUT2D eigenvalue weighted by Crippen LogP contribution is 2.27. The molecule has 0 aliphatic carbocycles. The molecule has 1 unspecified atom stereocenters. The molecule has 0 saturated carbocycles. The van der Waals surface area contributed by atoms with Gasteiger partial charge in [0.15, 0.2) is 0 Å². The predicted octanol–water partition coefficient (Wildman–Crippen LogP) is 1.55. The molecule has 17 heavy (non-hydrogen) atoms. The number of carbonyl (C=O) groups excluding carboxylic acids is 1. The number of amides is 1. The summed E-state index contributed by atoms with van der Waals surface area (Å²) >= 11 is 3.67. The van der Waals surface area contributed by atoms with Gasteiger partial charge in [0.05, 0.1) is 0 Å². The van der Waals surface area contributed by atoms with Gasteiger partial charge >= 0.3 is 5.97 Å². The van der Waals surface area contributed by atoms with Crippen molar-refractivity contribution in [1.29, 1.82) is 0 Å². The maximum atomic E-state index is 12.0. The molecule has 0 aromatic heterocycles. The number of hydrogen-bond acceptors (Lipinski definition) is 4. The van der Waals surface area contributed by atoms with Crippen LogP contribution in [0.2, 0.25) is 0 Å². The second-order valence-electron chi connectivity index (χ2n) is 4.59. The van der Waals surface area contributed by atoms with Crippen LogP contribution in [0.3, 0.4) is 0 Å². The lowest BCUT2D eigenvalue weighted by Crippen LogP contribution is -2.51. The quantitative estimate of drug-likeness (QED) is 0.845. The summed E-state index contributed by atoms with van der Waals surface area (Å²) in [5.41, 5.74) is -1.14. The minimum absolute atomic E-state index is 0.0857. The Morgan fingerprint density at radius 2 is 2.06 bits per heavy atom. The van der Waals surface area contributed by atoms with E-state index in [0.29, 0.717) is 11.7 Å². The molecule has 0 radical (unpaired) electrons. The summed E-state index contributed by atoms with van der Waals surface area (Å²) in [7, 11) is 1.57. The summed E-state index contributed by atoms with van der Waals surface area (Å²) in [6, 6.07) is 0. The van der Waals surface area contributed by atoms with E-state index in [1.54, 1.807) is 20.9 Å². The van der Waals surface area contributed by atoms with E-state index in [1.807, 2.05) is 23.5 Å². The number of nitrogens with zero attached hydrogens (tertiary/aromatic N) is 1. The minimum Gasteiger partial charge on any atom is -0.480 e. The molecular weight excluding hydrogens is 258 g/mol. The molecule has 0 aromatic carbocycles. The summed E-state index contributed by atoms with van der Waals surface area (Å²) in [6.07, 6.45) is 0.435. The van der Waals surface area contributed by atoms with Crippen LogP contribution in [0.15, 0.2) is 0 Å². The average molecular weight is 277 g/mol. The van der Waals surface area contributed by atoms with Gasteiger partial charge in [0.1, 0.15) is 5.54 Å². The van der Waals surface area contributed by atoms with Gasteiger partial charge < -0.3 is 10.0 Å². The van der Waals surface area contributed by atoms with Crippen LogP contribution >= 0.6 is 23.5 Å². The Morgan fingerprint density at radius 1 is 1.41 bits per heavy atom. The SMILES string of the molecule is CN(C(=O)CC1CSCCS1)C(C)(C)C(=O)O. The van der Waals surface area contributed by atoms with E-state index in [4.69, 9.17) is 5.11 Å².